The largest absolute Gasteiger partial charge is 0.322 e. The van der Waals surface area contributed by atoms with E-state index >= 15 is 4.39 Å². The molecule has 184 valence electrons. The molecule has 4 heterocycles. The lowest BCUT2D eigenvalue weighted by Gasteiger charge is -2.37. The first-order valence-corrected chi connectivity index (χ1v) is 12.3. The molecule has 0 saturated carbocycles. The average Bonchev–Trinajstić information content (AvgIpc) is 3.21. The molecule has 1 aromatic heterocycles. The fourth-order valence-corrected chi connectivity index (χ4v) is 5.57. The van der Waals surface area contributed by atoms with E-state index < -0.39 is 17.6 Å². The Bertz CT molecular complexity index is 1380. The maximum Gasteiger partial charge on any atom is 0.255 e. The Morgan fingerprint density at radius 1 is 1.00 bits per heavy atom. The molecule has 2 aromatic carbocycles. The van der Waals surface area contributed by atoms with Gasteiger partial charge in [0.25, 0.3) is 5.91 Å². The normalized spacial score (nSPS) is 22.1. The summed E-state index contributed by atoms with van der Waals surface area (Å²) in [7, 11) is 0. The van der Waals surface area contributed by atoms with Crippen molar-refractivity contribution in [1.29, 1.82) is 0 Å². The fourth-order valence-electron chi connectivity index (χ4n) is 5.57. The Kier molecular flexibility index (Phi) is 5.52. The standard InChI is InChI=1S/C27H26FN5O3/c28-27(7-11-32(12-8-27)15-17-1-4-21-22(13-17)30-10-9-29-21)19-2-3-20-18(14-19)16-33(26(20)36)23-5-6-24(34)31-25(23)35/h1-4,9-10,13-14,23H,5-8,11-12,15-16H2,(H,31,34,35). The third-order valence-electron chi connectivity index (χ3n) is 7.63. The van der Waals surface area contributed by atoms with Crippen molar-refractivity contribution >= 4 is 28.8 Å². The fraction of sp³-hybridized carbons (Fsp3) is 0.370. The lowest BCUT2D eigenvalue weighted by atomic mass is 9.84. The number of carbonyl (C=O) groups is 3. The Hall–Kier alpha value is -3.72. The third-order valence-corrected chi connectivity index (χ3v) is 7.63. The van der Waals surface area contributed by atoms with Gasteiger partial charge in [-0.1, -0.05) is 18.2 Å². The number of alkyl halides is 1. The Morgan fingerprint density at radius 2 is 1.78 bits per heavy atom. The molecule has 3 aliphatic heterocycles. The van der Waals surface area contributed by atoms with Crippen LogP contribution in [0.1, 0.15) is 52.7 Å². The van der Waals surface area contributed by atoms with Gasteiger partial charge in [0.05, 0.1) is 11.0 Å². The van der Waals surface area contributed by atoms with E-state index in [2.05, 4.69) is 20.2 Å². The first-order chi connectivity index (χ1) is 17.4. The van der Waals surface area contributed by atoms with Crippen molar-refractivity contribution in [3.8, 4) is 0 Å². The predicted molar refractivity (Wildman–Crippen MR) is 129 cm³/mol. The zero-order valence-electron chi connectivity index (χ0n) is 19.7. The molecule has 0 bridgehead atoms. The second kappa shape index (κ2) is 8.74. The first kappa shape index (κ1) is 22.7. The minimum Gasteiger partial charge on any atom is -0.322 e. The molecule has 9 heteroatoms. The highest BCUT2D eigenvalue weighted by Gasteiger charge is 2.41. The van der Waals surface area contributed by atoms with Gasteiger partial charge in [-0.15, -0.1) is 0 Å². The van der Waals surface area contributed by atoms with E-state index in [1.807, 2.05) is 18.2 Å². The smallest absolute Gasteiger partial charge is 0.255 e. The van der Waals surface area contributed by atoms with Gasteiger partial charge in [-0.05, 0) is 54.2 Å². The summed E-state index contributed by atoms with van der Waals surface area (Å²) < 4.78 is 16.1. The van der Waals surface area contributed by atoms with Gasteiger partial charge in [0, 0.05) is 50.6 Å². The molecule has 0 radical (unpaired) electrons. The van der Waals surface area contributed by atoms with Crippen LogP contribution in [0, 0.1) is 0 Å². The summed E-state index contributed by atoms with van der Waals surface area (Å²) in [6, 6.07) is 10.5. The SMILES string of the molecule is O=C1CCC(N2Cc3cc(C4(F)CCN(Cc5ccc6nccnc6c5)CC4)ccc3C2=O)C(=O)N1. The molecule has 0 aliphatic carbocycles. The highest BCUT2D eigenvalue weighted by atomic mass is 19.1. The van der Waals surface area contributed by atoms with Crippen molar-refractivity contribution in [2.75, 3.05) is 13.1 Å². The number of hydrogen-bond acceptors (Lipinski definition) is 6. The molecular formula is C27H26FN5O3. The quantitative estimate of drug-likeness (QED) is 0.569. The number of amides is 3. The average molecular weight is 488 g/mol. The summed E-state index contributed by atoms with van der Waals surface area (Å²) in [5.74, 6) is -1.00. The summed E-state index contributed by atoms with van der Waals surface area (Å²) >= 11 is 0. The van der Waals surface area contributed by atoms with Crippen LogP contribution in [0.2, 0.25) is 0 Å². The summed E-state index contributed by atoms with van der Waals surface area (Å²) in [4.78, 5) is 49.1. The van der Waals surface area contributed by atoms with Crippen molar-refractivity contribution in [2.45, 2.75) is 50.5 Å². The lowest BCUT2D eigenvalue weighted by Crippen LogP contribution is -2.52. The summed E-state index contributed by atoms with van der Waals surface area (Å²) in [6.45, 7) is 2.21. The number of aromatic nitrogens is 2. The van der Waals surface area contributed by atoms with E-state index in [4.69, 9.17) is 0 Å². The topological polar surface area (TPSA) is 95.5 Å². The van der Waals surface area contributed by atoms with E-state index in [1.165, 1.54) is 4.90 Å². The number of piperidine rings is 2. The van der Waals surface area contributed by atoms with Gasteiger partial charge in [-0.25, -0.2) is 4.39 Å². The number of hydrogen-bond donors (Lipinski definition) is 1. The maximum absolute atomic E-state index is 16.1. The third kappa shape index (κ3) is 4.03. The molecule has 3 amide bonds. The molecule has 36 heavy (non-hydrogen) atoms. The van der Waals surface area contributed by atoms with Gasteiger partial charge in [-0.3, -0.25) is 34.6 Å². The zero-order chi connectivity index (χ0) is 24.9. The number of carbonyl (C=O) groups excluding carboxylic acids is 3. The second-order valence-electron chi connectivity index (χ2n) is 9.89. The summed E-state index contributed by atoms with van der Waals surface area (Å²) in [6.07, 6.45) is 4.60. The monoisotopic (exact) mass is 487 g/mol. The molecule has 2 saturated heterocycles. The first-order valence-electron chi connectivity index (χ1n) is 12.3. The number of imide groups is 1. The predicted octanol–water partition coefficient (Wildman–Crippen LogP) is 2.85. The van der Waals surface area contributed by atoms with E-state index in [0.29, 0.717) is 43.5 Å². The van der Waals surface area contributed by atoms with Gasteiger partial charge in [0.2, 0.25) is 11.8 Å². The highest BCUT2D eigenvalue weighted by Crippen LogP contribution is 2.39. The zero-order valence-corrected chi connectivity index (χ0v) is 19.7. The molecule has 1 atom stereocenters. The Balaban J connectivity index is 1.13. The van der Waals surface area contributed by atoms with Crippen molar-refractivity contribution in [3.63, 3.8) is 0 Å². The van der Waals surface area contributed by atoms with E-state index in [1.54, 1.807) is 30.6 Å². The van der Waals surface area contributed by atoms with Gasteiger partial charge >= 0.3 is 0 Å². The minimum atomic E-state index is -1.47. The van der Waals surface area contributed by atoms with Crippen molar-refractivity contribution in [2.24, 2.45) is 0 Å². The van der Waals surface area contributed by atoms with Crippen LogP contribution in [-0.2, 0) is 28.3 Å². The number of halogens is 1. The molecule has 0 spiro atoms. The number of likely N-dealkylation sites (tertiary alicyclic amines) is 1. The van der Waals surface area contributed by atoms with Crippen LogP contribution in [0.3, 0.4) is 0 Å². The number of fused-ring (bicyclic) bond motifs is 2. The number of nitrogens with one attached hydrogen (secondary N) is 1. The van der Waals surface area contributed by atoms with Crippen LogP contribution < -0.4 is 5.32 Å². The number of nitrogens with zero attached hydrogens (tertiary/aromatic N) is 4. The van der Waals surface area contributed by atoms with E-state index in [0.717, 1.165) is 28.7 Å². The van der Waals surface area contributed by atoms with Gasteiger partial charge in [0.15, 0.2) is 0 Å². The lowest BCUT2D eigenvalue weighted by molar-refractivity contribution is -0.136. The number of benzene rings is 2. The van der Waals surface area contributed by atoms with Crippen molar-refractivity contribution in [1.82, 2.24) is 25.1 Å². The van der Waals surface area contributed by atoms with Gasteiger partial charge in [-0.2, -0.15) is 0 Å². The van der Waals surface area contributed by atoms with Crippen LogP contribution in [0.5, 0.6) is 0 Å². The van der Waals surface area contributed by atoms with Crippen molar-refractivity contribution in [3.05, 3.63) is 71.0 Å². The molecule has 6 rings (SSSR count). The van der Waals surface area contributed by atoms with E-state index in [-0.39, 0.29) is 24.8 Å². The molecule has 8 nitrogen and oxygen atoms in total. The summed E-state index contributed by atoms with van der Waals surface area (Å²) in [5, 5.41) is 2.31. The maximum atomic E-state index is 16.1. The van der Waals surface area contributed by atoms with E-state index in [9.17, 15) is 14.4 Å². The van der Waals surface area contributed by atoms with Crippen LogP contribution in [0.15, 0.2) is 48.8 Å². The molecule has 1 N–H and O–H groups in total. The number of rotatable bonds is 4. The Labute approximate surface area is 207 Å². The van der Waals surface area contributed by atoms with Crippen LogP contribution in [0.25, 0.3) is 11.0 Å². The molecule has 3 aliphatic rings. The highest BCUT2D eigenvalue weighted by molar-refractivity contribution is 6.05. The van der Waals surface area contributed by atoms with Gasteiger partial charge < -0.3 is 4.90 Å². The van der Waals surface area contributed by atoms with Crippen LogP contribution in [0.4, 0.5) is 4.39 Å². The Morgan fingerprint density at radius 3 is 2.56 bits per heavy atom. The summed E-state index contributed by atoms with van der Waals surface area (Å²) in [5.41, 5.74) is 3.19. The van der Waals surface area contributed by atoms with Crippen LogP contribution in [-0.4, -0.2) is 56.6 Å². The molecule has 1 unspecified atom stereocenters. The van der Waals surface area contributed by atoms with Crippen molar-refractivity contribution < 1.29 is 18.8 Å². The minimum absolute atomic E-state index is 0.207. The van der Waals surface area contributed by atoms with Crippen LogP contribution >= 0.6 is 0 Å². The molecular weight excluding hydrogens is 461 g/mol. The molecule has 2 fully saturated rings. The molecule has 3 aromatic rings. The van der Waals surface area contributed by atoms with Gasteiger partial charge in [0.1, 0.15) is 11.7 Å². The second-order valence-corrected chi connectivity index (χ2v) is 9.89.